The second-order valence-corrected chi connectivity index (χ2v) is 6.28. The number of ether oxygens (including phenoxy) is 1. The first-order valence-corrected chi connectivity index (χ1v) is 9.36. The molecule has 0 aromatic carbocycles. The number of guanidine groups is 1. The highest BCUT2D eigenvalue weighted by atomic mass is 127. The summed E-state index contributed by atoms with van der Waals surface area (Å²) < 4.78 is 11.1. The molecule has 1 unspecified atom stereocenters. The number of nitrogens with zero attached hydrogens (tertiary/aromatic N) is 2. The van der Waals surface area contributed by atoms with E-state index in [1.54, 1.807) is 0 Å². The SMILES string of the molecule is CCNC(=NCc1cc(C(CC)CC)no1)NCCC1CCCO1.I. The van der Waals surface area contributed by atoms with E-state index in [1.165, 1.54) is 12.8 Å². The molecule has 7 heteroatoms. The van der Waals surface area contributed by atoms with Crippen LogP contribution in [0, 0.1) is 0 Å². The first-order valence-electron chi connectivity index (χ1n) is 9.36. The Kier molecular flexibility index (Phi) is 11.1. The summed E-state index contributed by atoms with van der Waals surface area (Å²) in [5.41, 5.74) is 1.04. The lowest BCUT2D eigenvalue weighted by molar-refractivity contribution is 0.105. The van der Waals surface area contributed by atoms with E-state index in [4.69, 9.17) is 9.26 Å². The van der Waals surface area contributed by atoms with Gasteiger partial charge in [0.1, 0.15) is 6.54 Å². The van der Waals surface area contributed by atoms with Crippen LogP contribution < -0.4 is 10.6 Å². The fraction of sp³-hybridized carbons (Fsp3) is 0.778. The molecule has 0 radical (unpaired) electrons. The Labute approximate surface area is 168 Å². The average molecular weight is 464 g/mol. The number of rotatable bonds is 9. The molecule has 2 heterocycles. The maximum atomic E-state index is 5.65. The third-order valence-corrected chi connectivity index (χ3v) is 4.50. The lowest BCUT2D eigenvalue weighted by Crippen LogP contribution is -2.38. The van der Waals surface area contributed by atoms with Crippen LogP contribution >= 0.6 is 24.0 Å². The predicted octanol–water partition coefficient (Wildman–Crippen LogP) is 3.82. The molecule has 1 aromatic rings. The third kappa shape index (κ3) is 7.52. The van der Waals surface area contributed by atoms with Crippen LogP contribution in [0.3, 0.4) is 0 Å². The molecular formula is C18H33IN4O2. The number of aromatic nitrogens is 1. The van der Waals surface area contributed by atoms with Gasteiger partial charge in [0.05, 0.1) is 11.8 Å². The smallest absolute Gasteiger partial charge is 0.191 e. The van der Waals surface area contributed by atoms with E-state index in [9.17, 15) is 0 Å². The molecule has 25 heavy (non-hydrogen) atoms. The minimum Gasteiger partial charge on any atom is -0.378 e. The first kappa shape index (κ1) is 22.2. The summed E-state index contributed by atoms with van der Waals surface area (Å²) in [4.78, 5) is 4.59. The topological polar surface area (TPSA) is 71.7 Å². The minimum absolute atomic E-state index is 0. The molecule has 0 spiro atoms. The number of hydrogen-bond acceptors (Lipinski definition) is 4. The van der Waals surface area contributed by atoms with E-state index in [0.717, 1.165) is 56.4 Å². The van der Waals surface area contributed by atoms with E-state index in [2.05, 4.69) is 41.6 Å². The molecule has 0 amide bonds. The van der Waals surface area contributed by atoms with E-state index < -0.39 is 0 Å². The molecule has 1 aliphatic heterocycles. The highest BCUT2D eigenvalue weighted by Crippen LogP contribution is 2.22. The molecule has 0 bridgehead atoms. The fourth-order valence-electron chi connectivity index (χ4n) is 3.03. The molecule has 1 aromatic heterocycles. The number of aliphatic imine (C=N–C) groups is 1. The van der Waals surface area contributed by atoms with Crippen molar-refractivity contribution in [3.8, 4) is 0 Å². The maximum Gasteiger partial charge on any atom is 0.191 e. The van der Waals surface area contributed by atoms with Crippen LogP contribution in [0.5, 0.6) is 0 Å². The molecule has 1 atom stereocenters. The molecule has 0 saturated carbocycles. The van der Waals surface area contributed by atoms with Crippen molar-refractivity contribution in [2.24, 2.45) is 4.99 Å². The predicted molar refractivity (Wildman–Crippen MR) is 112 cm³/mol. The molecule has 1 fully saturated rings. The summed E-state index contributed by atoms with van der Waals surface area (Å²) >= 11 is 0. The van der Waals surface area contributed by atoms with Gasteiger partial charge in [-0.1, -0.05) is 19.0 Å². The van der Waals surface area contributed by atoms with Crippen molar-refractivity contribution in [2.75, 3.05) is 19.7 Å². The number of hydrogen-bond donors (Lipinski definition) is 2. The molecule has 1 aliphatic rings. The van der Waals surface area contributed by atoms with Crippen molar-refractivity contribution < 1.29 is 9.26 Å². The van der Waals surface area contributed by atoms with Gasteiger partial charge in [-0.05, 0) is 39.0 Å². The summed E-state index contributed by atoms with van der Waals surface area (Å²) in [6.45, 7) is 9.54. The van der Waals surface area contributed by atoms with Gasteiger partial charge in [-0.3, -0.25) is 0 Å². The van der Waals surface area contributed by atoms with E-state index >= 15 is 0 Å². The lowest BCUT2D eigenvalue weighted by atomic mass is 9.99. The van der Waals surface area contributed by atoms with Crippen LogP contribution in [0.15, 0.2) is 15.6 Å². The molecule has 6 nitrogen and oxygen atoms in total. The number of halogens is 1. The van der Waals surface area contributed by atoms with Gasteiger partial charge in [-0.2, -0.15) is 0 Å². The van der Waals surface area contributed by atoms with Gasteiger partial charge in [0, 0.05) is 31.7 Å². The summed E-state index contributed by atoms with van der Waals surface area (Å²) in [6.07, 6.45) is 5.94. The highest BCUT2D eigenvalue weighted by Gasteiger charge is 2.15. The molecule has 2 rings (SSSR count). The molecular weight excluding hydrogens is 431 g/mol. The molecule has 2 N–H and O–H groups in total. The molecule has 144 valence electrons. The van der Waals surface area contributed by atoms with E-state index in [-0.39, 0.29) is 24.0 Å². The van der Waals surface area contributed by atoms with Crippen molar-refractivity contribution in [1.29, 1.82) is 0 Å². The van der Waals surface area contributed by atoms with E-state index in [1.807, 2.05) is 6.07 Å². The molecule has 0 aliphatic carbocycles. The van der Waals surface area contributed by atoms with Crippen molar-refractivity contribution in [3.63, 3.8) is 0 Å². The van der Waals surface area contributed by atoms with Gasteiger partial charge in [-0.25, -0.2) is 4.99 Å². The Morgan fingerprint density at radius 3 is 2.76 bits per heavy atom. The Hall–Kier alpha value is -0.830. The Bertz CT molecular complexity index is 497. The second-order valence-electron chi connectivity index (χ2n) is 6.28. The summed E-state index contributed by atoms with van der Waals surface area (Å²) in [5.74, 6) is 2.11. The summed E-state index contributed by atoms with van der Waals surface area (Å²) in [7, 11) is 0. The Balaban J connectivity index is 0.00000312. The van der Waals surface area contributed by atoms with Crippen molar-refractivity contribution in [2.45, 2.75) is 71.4 Å². The second kappa shape index (κ2) is 12.5. The van der Waals surface area contributed by atoms with Crippen LogP contribution in [0.2, 0.25) is 0 Å². The zero-order chi connectivity index (χ0) is 17.2. The van der Waals surface area contributed by atoms with Gasteiger partial charge in [0.2, 0.25) is 0 Å². The van der Waals surface area contributed by atoms with Gasteiger partial charge in [0.25, 0.3) is 0 Å². The Morgan fingerprint density at radius 1 is 1.32 bits per heavy atom. The molecule has 1 saturated heterocycles. The quantitative estimate of drug-likeness (QED) is 0.330. The fourth-order valence-corrected chi connectivity index (χ4v) is 3.03. The van der Waals surface area contributed by atoms with Gasteiger partial charge >= 0.3 is 0 Å². The first-order chi connectivity index (χ1) is 11.8. The van der Waals surface area contributed by atoms with Crippen LogP contribution in [0.25, 0.3) is 0 Å². The van der Waals surface area contributed by atoms with Crippen molar-refractivity contribution >= 4 is 29.9 Å². The van der Waals surface area contributed by atoms with Gasteiger partial charge in [-0.15, -0.1) is 24.0 Å². The summed E-state index contributed by atoms with van der Waals surface area (Å²) in [5, 5.41) is 10.8. The average Bonchev–Trinajstić information content (AvgIpc) is 3.26. The number of nitrogens with one attached hydrogen (secondary N) is 2. The third-order valence-electron chi connectivity index (χ3n) is 4.50. The van der Waals surface area contributed by atoms with Crippen molar-refractivity contribution in [3.05, 3.63) is 17.5 Å². The lowest BCUT2D eigenvalue weighted by Gasteiger charge is -2.13. The zero-order valence-electron chi connectivity index (χ0n) is 15.7. The van der Waals surface area contributed by atoms with Gasteiger partial charge < -0.3 is 19.9 Å². The normalized spacial score (nSPS) is 17.6. The largest absolute Gasteiger partial charge is 0.378 e. The van der Waals surface area contributed by atoms with Crippen molar-refractivity contribution in [1.82, 2.24) is 15.8 Å². The minimum atomic E-state index is 0. The summed E-state index contributed by atoms with van der Waals surface area (Å²) in [6, 6.07) is 2.04. The van der Waals surface area contributed by atoms with Crippen LogP contribution in [0.1, 0.15) is 70.2 Å². The zero-order valence-corrected chi connectivity index (χ0v) is 18.0. The Morgan fingerprint density at radius 2 is 2.12 bits per heavy atom. The van der Waals surface area contributed by atoms with Gasteiger partial charge in [0.15, 0.2) is 11.7 Å². The van der Waals surface area contributed by atoms with E-state index in [0.29, 0.717) is 18.6 Å². The van der Waals surface area contributed by atoms with Crippen LogP contribution in [-0.2, 0) is 11.3 Å². The maximum absolute atomic E-state index is 5.65. The highest BCUT2D eigenvalue weighted by molar-refractivity contribution is 14.0. The monoisotopic (exact) mass is 464 g/mol. The van der Waals surface area contributed by atoms with Crippen LogP contribution in [-0.4, -0.2) is 36.9 Å². The standard InChI is InChI=1S/C18H32N4O2.HI/c1-4-14(5-2)17-12-16(24-22-17)13-21-18(19-6-3)20-10-9-15-8-7-11-23-15;/h12,14-15H,4-11,13H2,1-3H3,(H2,19,20,21);1H. The van der Waals surface area contributed by atoms with Crippen LogP contribution in [0.4, 0.5) is 0 Å².